The minimum Gasteiger partial charge on any atom is -0.309 e. The van der Waals surface area contributed by atoms with Gasteiger partial charge >= 0.3 is 0 Å². The molecule has 1 heterocycles. The largest absolute Gasteiger partial charge is 0.309 e. The fraction of sp³-hybridized carbons (Fsp3) is 0.146. The molecule has 0 unspecified atom stereocenters. The van der Waals surface area contributed by atoms with Crippen LogP contribution in [-0.4, -0.2) is 4.57 Å². The summed E-state index contributed by atoms with van der Waals surface area (Å²) in [4.78, 5) is 0. The van der Waals surface area contributed by atoms with Gasteiger partial charge in [0.2, 0.25) is 0 Å². The van der Waals surface area contributed by atoms with Gasteiger partial charge in [-0.15, -0.1) is 0 Å². The van der Waals surface area contributed by atoms with Crippen LogP contribution in [0.3, 0.4) is 0 Å². The molecule has 0 bridgehead atoms. The summed E-state index contributed by atoms with van der Waals surface area (Å²) in [5, 5.41) is 14.8. The Morgan fingerprint density at radius 1 is 0.535 bits per heavy atom. The fourth-order valence-corrected chi connectivity index (χ4v) is 8.17. The molecule has 6 aromatic carbocycles. The maximum absolute atomic E-state index is 9.65. The lowest BCUT2D eigenvalue weighted by atomic mass is 9.81. The summed E-state index contributed by atoms with van der Waals surface area (Å²) >= 11 is 0. The van der Waals surface area contributed by atoms with Crippen molar-refractivity contribution in [2.24, 2.45) is 0 Å². The lowest BCUT2D eigenvalue weighted by molar-refractivity contribution is 0.660. The van der Waals surface area contributed by atoms with Gasteiger partial charge in [-0.1, -0.05) is 88.4 Å². The normalized spacial score (nSPS) is 15.3. The number of hydrogen-bond acceptors (Lipinski definition) is 1. The summed E-state index contributed by atoms with van der Waals surface area (Å²) in [5.74, 6) is 0. The van der Waals surface area contributed by atoms with E-state index in [1.165, 1.54) is 77.1 Å². The molecule has 204 valence electrons. The third-order valence-corrected chi connectivity index (χ3v) is 10.4. The smallest absolute Gasteiger partial charge is 0.0991 e. The quantitative estimate of drug-likeness (QED) is 0.200. The number of hydrogen-bond donors (Lipinski definition) is 0. The Hall–Kier alpha value is -5.13. The van der Waals surface area contributed by atoms with Gasteiger partial charge in [-0.25, -0.2) is 0 Å². The molecule has 2 aliphatic carbocycles. The minimum absolute atomic E-state index is 0.107. The molecule has 0 spiro atoms. The van der Waals surface area contributed by atoms with Gasteiger partial charge in [0.05, 0.1) is 22.7 Å². The Bertz CT molecular complexity index is 2390. The van der Waals surface area contributed by atoms with E-state index in [1.807, 2.05) is 6.07 Å². The Labute approximate surface area is 251 Å². The number of benzene rings is 6. The highest BCUT2D eigenvalue weighted by atomic mass is 15.0. The summed E-state index contributed by atoms with van der Waals surface area (Å²) in [5.41, 5.74) is 14.6. The molecule has 1 aromatic heterocycles. The van der Waals surface area contributed by atoms with Crippen LogP contribution in [0.1, 0.15) is 55.5 Å². The van der Waals surface area contributed by atoms with Crippen molar-refractivity contribution in [3.63, 3.8) is 0 Å². The fourth-order valence-electron chi connectivity index (χ4n) is 8.17. The molecule has 0 saturated heterocycles. The SMILES string of the molecule is CC1(C)c2cc(C#N)ccc2-c2cc3c(cc21)c1cc2c(cc1n3-c1ccccc1)-c1c(ccc3ccccc13)C2(C)C. The van der Waals surface area contributed by atoms with Crippen molar-refractivity contribution in [1.82, 2.24) is 4.57 Å². The van der Waals surface area contributed by atoms with Crippen LogP contribution in [0.2, 0.25) is 0 Å². The molecule has 0 N–H and O–H groups in total. The van der Waals surface area contributed by atoms with Crippen LogP contribution in [0.5, 0.6) is 0 Å². The second-order valence-corrected chi connectivity index (χ2v) is 13.3. The molecule has 0 amide bonds. The molecular weight excluding hydrogens is 520 g/mol. The number of aromatic nitrogens is 1. The standard InChI is InChI=1S/C41H30N2/c1-40(2)33-17-15-25-10-8-9-13-27(25)39(33)32-22-38-31(20-36(32)40)30-19-35-29(21-37(30)43(38)26-11-6-5-7-12-26)28-16-14-24(23-42)18-34(28)41(35,3)4/h5-22H,1-4H3. The van der Waals surface area contributed by atoms with Crippen LogP contribution in [0.4, 0.5) is 0 Å². The molecule has 2 aliphatic rings. The van der Waals surface area contributed by atoms with Crippen LogP contribution in [-0.2, 0) is 10.8 Å². The van der Waals surface area contributed by atoms with Gasteiger partial charge in [-0.05, 0) is 104 Å². The maximum atomic E-state index is 9.65. The number of para-hydroxylation sites is 1. The molecule has 0 radical (unpaired) electrons. The number of nitriles is 1. The summed E-state index contributed by atoms with van der Waals surface area (Å²) < 4.78 is 2.45. The van der Waals surface area contributed by atoms with Crippen molar-refractivity contribution in [3.8, 4) is 34.0 Å². The van der Waals surface area contributed by atoms with E-state index in [0.29, 0.717) is 5.56 Å². The van der Waals surface area contributed by atoms with Crippen molar-refractivity contribution < 1.29 is 0 Å². The van der Waals surface area contributed by atoms with E-state index >= 15 is 0 Å². The molecule has 2 nitrogen and oxygen atoms in total. The van der Waals surface area contributed by atoms with Crippen molar-refractivity contribution in [2.75, 3.05) is 0 Å². The van der Waals surface area contributed by atoms with E-state index in [-0.39, 0.29) is 10.8 Å². The minimum atomic E-state index is -0.196. The Morgan fingerprint density at radius 3 is 1.91 bits per heavy atom. The van der Waals surface area contributed by atoms with Crippen molar-refractivity contribution in [3.05, 3.63) is 137 Å². The zero-order valence-electron chi connectivity index (χ0n) is 24.8. The van der Waals surface area contributed by atoms with E-state index < -0.39 is 0 Å². The van der Waals surface area contributed by atoms with E-state index in [4.69, 9.17) is 0 Å². The van der Waals surface area contributed by atoms with Gasteiger partial charge < -0.3 is 4.57 Å². The lowest BCUT2D eigenvalue weighted by Gasteiger charge is -2.22. The molecule has 2 heteroatoms. The molecule has 9 rings (SSSR count). The van der Waals surface area contributed by atoms with Crippen LogP contribution in [0.15, 0.2) is 109 Å². The van der Waals surface area contributed by atoms with Crippen LogP contribution < -0.4 is 0 Å². The average molecular weight is 551 g/mol. The molecule has 0 saturated carbocycles. The third kappa shape index (κ3) is 3.02. The summed E-state index contributed by atoms with van der Waals surface area (Å²) in [6.07, 6.45) is 0. The first kappa shape index (κ1) is 24.5. The molecule has 0 atom stereocenters. The predicted molar refractivity (Wildman–Crippen MR) is 178 cm³/mol. The predicted octanol–water partition coefficient (Wildman–Crippen LogP) is 10.4. The second kappa shape index (κ2) is 8.03. The average Bonchev–Trinajstić information content (AvgIpc) is 3.55. The van der Waals surface area contributed by atoms with Crippen LogP contribution in [0, 0.1) is 11.3 Å². The lowest BCUT2D eigenvalue weighted by Crippen LogP contribution is -2.15. The number of nitrogens with zero attached hydrogens (tertiary/aromatic N) is 2. The molecule has 43 heavy (non-hydrogen) atoms. The van der Waals surface area contributed by atoms with E-state index in [1.54, 1.807) is 0 Å². The van der Waals surface area contributed by atoms with Gasteiger partial charge in [0.25, 0.3) is 0 Å². The van der Waals surface area contributed by atoms with E-state index in [0.717, 1.165) is 5.69 Å². The maximum Gasteiger partial charge on any atom is 0.0991 e. The monoisotopic (exact) mass is 550 g/mol. The molecule has 0 aliphatic heterocycles. The molecule has 7 aromatic rings. The van der Waals surface area contributed by atoms with Gasteiger partial charge in [-0.3, -0.25) is 0 Å². The van der Waals surface area contributed by atoms with Crippen molar-refractivity contribution in [1.29, 1.82) is 5.26 Å². The molecule has 0 fully saturated rings. The summed E-state index contributed by atoms with van der Waals surface area (Å²) in [7, 11) is 0. The van der Waals surface area contributed by atoms with Crippen LogP contribution >= 0.6 is 0 Å². The molecular formula is C41H30N2. The highest BCUT2D eigenvalue weighted by molar-refractivity contribution is 6.14. The van der Waals surface area contributed by atoms with Gasteiger partial charge in [0, 0.05) is 27.3 Å². The number of fused-ring (bicyclic) bond motifs is 11. The Balaban J connectivity index is 1.43. The Morgan fingerprint density at radius 2 is 1.16 bits per heavy atom. The summed E-state index contributed by atoms with van der Waals surface area (Å²) in [6.45, 7) is 9.34. The first-order valence-corrected chi connectivity index (χ1v) is 15.1. The van der Waals surface area contributed by atoms with Gasteiger partial charge in [0.15, 0.2) is 0 Å². The number of rotatable bonds is 1. The van der Waals surface area contributed by atoms with Crippen molar-refractivity contribution in [2.45, 2.75) is 38.5 Å². The summed E-state index contributed by atoms with van der Waals surface area (Å²) in [6, 6.07) is 42.5. The first-order valence-electron chi connectivity index (χ1n) is 15.1. The first-order chi connectivity index (χ1) is 20.8. The highest BCUT2D eigenvalue weighted by Gasteiger charge is 2.39. The third-order valence-electron chi connectivity index (χ3n) is 10.4. The zero-order chi connectivity index (χ0) is 29.2. The highest BCUT2D eigenvalue weighted by Crippen LogP contribution is 2.55. The van der Waals surface area contributed by atoms with Gasteiger partial charge in [0.1, 0.15) is 0 Å². The second-order valence-electron chi connectivity index (χ2n) is 13.3. The van der Waals surface area contributed by atoms with Crippen molar-refractivity contribution >= 4 is 32.6 Å². The Kier molecular flexibility index (Phi) is 4.57. The van der Waals surface area contributed by atoms with Crippen LogP contribution in [0.25, 0.3) is 60.5 Å². The van der Waals surface area contributed by atoms with E-state index in [2.05, 4.69) is 141 Å². The van der Waals surface area contributed by atoms with Gasteiger partial charge in [-0.2, -0.15) is 5.26 Å². The zero-order valence-corrected chi connectivity index (χ0v) is 24.8. The topological polar surface area (TPSA) is 28.7 Å². The van der Waals surface area contributed by atoms with E-state index in [9.17, 15) is 5.26 Å².